The van der Waals surface area contributed by atoms with E-state index < -0.39 is 0 Å². The van der Waals surface area contributed by atoms with Gasteiger partial charge >= 0.3 is 0 Å². The van der Waals surface area contributed by atoms with E-state index in [4.69, 9.17) is 4.74 Å². The monoisotopic (exact) mass is 405 g/mol. The highest BCUT2D eigenvalue weighted by atomic mass is 16.5. The lowest BCUT2D eigenvalue weighted by atomic mass is 9.96. The molecule has 1 saturated heterocycles. The summed E-state index contributed by atoms with van der Waals surface area (Å²) in [5.74, 6) is 0.638. The van der Waals surface area contributed by atoms with Crippen LogP contribution in [0.1, 0.15) is 29.7 Å². The molecule has 1 unspecified atom stereocenters. The number of carbonyl (C=O) groups is 2. The predicted octanol–water partition coefficient (Wildman–Crippen LogP) is 3.54. The smallest absolute Gasteiger partial charge is 0.225 e. The minimum atomic E-state index is -0.198. The average Bonchev–Trinajstić information content (AvgIpc) is 3.13. The van der Waals surface area contributed by atoms with E-state index in [-0.39, 0.29) is 17.7 Å². The fraction of sp³-hybridized carbons (Fsp3) is 0.333. The number of rotatable bonds is 6. The maximum absolute atomic E-state index is 12.8. The molecule has 4 rings (SSSR count). The number of hydrogen-bond donors (Lipinski definition) is 2. The van der Waals surface area contributed by atoms with Crippen LogP contribution in [-0.4, -0.2) is 35.4 Å². The van der Waals surface area contributed by atoms with E-state index >= 15 is 0 Å². The van der Waals surface area contributed by atoms with Crippen LogP contribution in [0, 0.1) is 12.8 Å². The number of aromatic amines is 1. The number of fused-ring (bicyclic) bond motifs is 1. The number of ether oxygens (including phenoxy) is 1. The van der Waals surface area contributed by atoms with Gasteiger partial charge in [-0.3, -0.25) is 9.59 Å². The second-order valence-electron chi connectivity index (χ2n) is 7.91. The molecular weight excluding hydrogens is 378 g/mol. The number of benzene rings is 2. The zero-order valence-corrected chi connectivity index (χ0v) is 17.4. The van der Waals surface area contributed by atoms with Crippen molar-refractivity contribution in [2.45, 2.75) is 32.9 Å². The van der Waals surface area contributed by atoms with Gasteiger partial charge in [0.1, 0.15) is 5.75 Å². The number of nitrogens with zero attached hydrogens (tertiary/aromatic N) is 1. The Hall–Kier alpha value is -3.28. The number of para-hydroxylation sites is 1. The van der Waals surface area contributed by atoms with Gasteiger partial charge in [0.25, 0.3) is 0 Å². The standard InChI is InChI=1S/C24H27N3O3/c1-16-11-20-12-17(7-9-21(20)26-16)13-25-24(29)19-8-10-23(28)27(15-19)14-18-5-3-4-6-22(18)30-2/h3-7,9,11-12,19,26H,8,10,13-15H2,1-2H3,(H,25,29). The van der Waals surface area contributed by atoms with Crippen molar-refractivity contribution in [3.8, 4) is 5.75 Å². The van der Waals surface area contributed by atoms with Crippen LogP contribution in [0.2, 0.25) is 0 Å². The molecule has 2 amide bonds. The Balaban J connectivity index is 1.38. The lowest BCUT2D eigenvalue weighted by molar-refractivity contribution is -0.139. The second kappa shape index (κ2) is 8.61. The summed E-state index contributed by atoms with van der Waals surface area (Å²) < 4.78 is 5.40. The Kier molecular flexibility index (Phi) is 5.74. The van der Waals surface area contributed by atoms with Crippen LogP contribution in [0.5, 0.6) is 5.75 Å². The molecule has 1 aromatic heterocycles. The number of aryl methyl sites for hydroxylation is 1. The summed E-state index contributed by atoms with van der Waals surface area (Å²) in [4.78, 5) is 30.3. The average molecular weight is 405 g/mol. The molecule has 0 bridgehead atoms. The summed E-state index contributed by atoms with van der Waals surface area (Å²) in [6.07, 6.45) is 0.977. The minimum Gasteiger partial charge on any atom is -0.496 e. The van der Waals surface area contributed by atoms with Crippen molar-refractivity contribution in [3.05, 3.63) is 65.4 Å². The summed E-state index contributed by atoms with van der Waals surface area (Å²) in [5, 5.41) is 4.19. The van der Waals surface area contributed by atoms with Crippen LogP contribution >= 0.6 is 0 Å². The van der Waals surface area contributed by atoms with Crippen molar-refractivity contribution >= 4 is 22.7 Å². The molecule has 0 aliphatic carbocycles. The van der Waals surface area contributed by atoms with Gasteiger partial charge in [-0.2, -0.15) is 0 Å². The molecule has 0 spiro atoms. The van der Waals surface area contributed by atoms with Crippen molar-refractivity contribution in [1.82, 2.24) is 15.2 Å². The van der Waals surface area contributed by atoms with Gasteiger partial charge in [0.15, 0.2) is 0 Å². The molecule has 2 aromatic carbocycles. The molecule has 2 N–H and O–H groups in total. The number of aromatic nitrogens is 1. The largest absolute Gasteiger partial charge is 0.496 e. The quantitative estimate of drug-likeness (QED) is 0.659. The number of nitrogens with one attached hydrogen (secondary N) is 2. The van der Waals surface area contributed by atoms with Gasteiger partial charge in [-0.15, -0.1) is 0 Å². The molecular formula is C24H27N3O3. The lowest BCUT2D eigenvalue weighted by Gasteiger charge is -2.32. The summed E-state index contributed by atoms with van der Waals surface area (Å²) in [5.41, 5.74) is 4.23. The lowest BCUT2D eigenvalue weighted by Crippen LogP contribution is -2.45. The maximum Gasteiger partial charge on any atom is 0.225 e. The van der Waals surface area contributed by atoms with E-state index in [0.29, 0.717) is 32.5 Å². The number of amides is 2. The van der Waals surface area contributed by atoms with Gasteiger partial charge in [0.2, 0.25) is 11.8 Å². The van der Waals surface area contributed by atoms with E-state index in [1.54, 1.807) is 12.0 Å². The zero-order chi connectivity index (χ0) is 21.1. The van der Waals surface area contributed by atoms with Crippen LogP contribution in [0.3, 0.4) is 0 Å². The molecule has 3 aromatic rings. The molecule has 1 atom stereocenters. The van der Waals surface area contributed by atoms with E-state index in [2.05, 4.69) is 22.4 Å². The first-order valence-corrected chi connectivity index (χ1v) is 10.3. The maximum atomic E-state index is 12.8. The predicted molar refractivity (Wildman–Crippen MR) is 116 cm³/mol. The van der Waals surface area contributed by atoms with Gasteiger partial charge < -0.3 is 19.9 Å². The fourth-order valence-electron chi connectivity index (χ4n) is 4.09. The van der Waals surface area contributed by atoms with Gasteiger partial charge in [-0.05, 0) is 48.6 Å². The molecule has 30 heavy (non-hydrogen) atoms. The van der Waals surface area contributed by atoms with Gasteiger partial charge in [0.05, 0.1) is 13.0 Å². The Morgan fingerprint density at radius 2 is 2.07 bits per heavy atom. The Morgan fingerprint density at radius 3 is 2.90 bits per heavy atom. The highest BCUT2D eigenvalue weighted by Crippen LogP contribution is 2.24. The molecule has 1 aliphatic rings. The van der Waals surface area contributed by atoms with E-state index in [1.807, 2.05) is 43.3 Å². The highest BCUT2D eigenvalue weighted by molar-refractivity contribution is 5.84. The summed E-state index contributed by atoms with van der Waals surface area (Å²) in [6.45, 7) is 3.40. The first kappa shape index (κ1) is 20.0. The summed E-state index contributed by atoms with van der Waals surface area (Å²) in [6, 6.07) is 15.9. The summed E-state index contributed by atoms with van der Waals surface area (Å²) >= 11 is 0. The van der Waals surface area contributed by atoms with E-state index in [1.165, 1.54) is 0 Å². The van der Waals surface area contributed by atoms with Crippen molar-refractivity contribution in [1.29, 1.82) is 0 Å². The molecule has 1 aliphatic heterocycles. The third kappa shape index (κ3) is 4.32. The Labute approximate surface area is 176 Å². The molecule has 2 heterocycles. The van der Waals surface area contributed by atoms with Gasteiger partial charge in [-0.1, -0.05) is 24.3 Å². The van der Waals surface area contributed by atoms with Crippen LogP contribution in [0.15, 0.2) is 48.5 Å². The van der Waals surface area contributed by atoms with Gasteiger partial charge in [0, 0.05) is 42.8 Å². The Bertz CT molecular complexity index is 1070. The second-order valence-corrected chi connectivity index (χ2v) is 7.91. The number of hydrogen-bond acceptors (Lipinski definition) is 3. The molecule has 0 radical (unpaired) electrons. The third-order valence-corrected chi connectivity index (χ3v) is 5.71. The van der Waals surface area contributed by atoms with Crippen molar-refractivity contribution in [3.63, 3.8) is 0 Å². The molecule has 1 fully saturated rings. The topological polar surface area (TPSA) is 74.4 Å². The van der Waals surface area contributed by atoms with Crippen LogP contribution in [0.25, 0.3) is 10.9 Å². The highest BCUT2D eigenvalue weighted by Gasteiger charge is 2.30. The van der Waals surface area contributed by atoms with Crippen molar-refractivity contribution in [2.24, 2.45) is 5.92 Å². The molecule has 6 heteroatoms. The number of H-pyrrole nitrogens is 1. The van der Waals surface area contributed by atoms with Crippen molar-refractivity contribution in [2.75, 3.05) is 13.7 Å². The van der Waals surface area contributed by atoms with E-state index in [9.17, 15) is 9.59 Å². The van der Waals surface area contributed by atoms with Crippen molar-refractivity contribution < 1.29 is 14.3 Å². The van der Waals surface area contributed by atoms with Crippen LogP contribution < -0.4 is 10.1 Å². The Morgan fingerprint density at radius 1 is 1.23 bits per heavy atom. The number of likely N-dealkylation sites (tertiary alicyclic amines) is 1. The van der Waals surface area contributed by atoms with Crippen LogP contribution in [0.4, 0.5) is 0 Å². The third-order valence-electron chi connectivity index (χ3n) is 5.71. The fourth-order valence-corrected chi connectivity index (χ4v) is 4.09. The number of methoxy groups -OCH3 is 1. The number of carbonyl (C=O) groups excluding carboxylic acids is 2. The SMILES string of the molecule is COc1ccccc1CN1CC(C(=O)NCc2ccc3[nH]c(C)cc3c2)CCC1=O. The van der Waals surface area contributed by atoms with E-state index in [0.717, 1.165) is 33.5 Å². The first-order valence-electron chi connectivity index (χ1n) is 10.3. The van der Waals surface area contributed by atoms with Gasteiger partial charge in [-0.25, -0.2) is 0 Å². The summed E-state index contributed by atoms with van der Waals surface area (Å²) in [7, 11) is 1.62. The normalized spacial score (nSPS) is 16.7. The molecule has 6 nitrogen and oxygen atoms in total. The van der Waals surface area contributed by atoms with Crippen LogP contribution in [-0.2, 0) is 22.7 Å². The molecule has 0 saturated carbocycles. The number of piperidine rings is 1. The minimum absolute atomic E-state index is 0.00197. The first-order chi connectivity index (χ1) is 14.5. The molecule has 156 valence electrons. The zero-order valence-electron chi connectivity index (χ0n) is 17.4.